The van der Waals surface area contributed by atoms with Crippen molar-refractivity contribution in [3.63, 3.8) is 0 Å². The van der Waals surface area contributed by atoms with Gasteiger partial charge in [0.15, 0.2) is 9.84 Å². The van der Waals surface area contributed by atoms with Crippen LogP contribution in [0, 0.1) is 11.8 Å². The van der Waals surface area contributed by atoms with Crippen LogP contribution in [0.4, 0.5) is 0 Å². The summed E-state index contributed by atoms with van der Waals surface area (Å²) in [4.78, 5) is 23.8. The topological polar surface area (TPSA) is 91.8 Å². The molecule has 112 valence electrons. The first-order valence-corrected chi connectivity index (χ1v) is 7.74. The molecule has 1 heterocycles. The first-order valence-electron chi connectivity index (χ1n) is 5.92. The van der Waals surface area contributed by atoms with Crippen LogP contribution in [0.5, 0.6) is 0 Å². The summed E-state index contributed by atoms with van der Waals surface area (Å²) in [5, 5.41) is 8.81. The molecular formula is C11H20ClNO5S. The lowest BCUT2D eigenvalue weighted by atomic mass is 10.1. The molecule has 0 saturated carbocycles. The Bertz CT molecular complexity index is 434. The monoisotopic (exact) mass is 313 g/mol. The van der Waals surface area contributed by atoms with Gasteiger partial charge in [-0.2, -0.15) is 0 Å². The molecule has 0 spiro atoms. The zero-order valence-corrected chi connectivity index (χ0v) is 12.7. The third-order valence-electron chi connectivity index (χ3n) is 2.82. The number of carboxylic acid groups (broad SMARTS) is 1. The Morgan fingerprint density at radius 2 is 1.95 bits per heavy atom. The highest BCUT2D eigenvalue weighted by atomic mass is 35.5. The van der Waals surface area contributed by atoms with Crippen LogP contribution >= 0.6 is 12.4 Å². The van der Waals surface area contributed by atoms with Gasteiger partial charge < -0.3 is 10.0 Å². The Balaban J connectivity index is 0.00000324. The van der Waals surface area contributed by atoms with Crippen molar-refractivity contribution < 1.29 is 23.1 Å². The number of amides is 1. The Hall–Kier alpha value is -0.820. The number of carbonyl (C=O) groups is 2. The van der Waals surface area contributed by atoms with E-state index in [1.807, 2.05) is 0 Å². The summed E-state index contributed by atoms with van der Waals surface area (Å²) in [5.74, 6) is -2.54. The number of carbonyl (C=O) groups excluding carboxylic acids is 1. The van der Waals surface area contributed by atoms with Crippen molar-refractivity contribution in [1.29, 1.82) is 0 Å². The zero-order valence-electron chi connectivity index (χ0n) is 11.0. The van der Waals surface area contributed by atoms with Gasteiger partial charge in [0, 0.05) is 13.1 Å². The van der Waals surface area contributed by atoms with Gasteiger partial charge in [0.2, 0.25) is 5.91 Å². The fourth-order valence-electron chi connectivity index (χ4n) is 2.03. The van der Waals surface area contributed by atoms with Crippen LogP contribution in [0.1, 0.15) is 20.3 Å². The molecule has 0 radical (unpaired) electrons. The molecular weight excluding hydrogens is 294 g/mol. The van der Waals surface area contributed by atoms with Crippen LogP contribution in [-0.2, 0) is 19.4 Å². The lowest BCUT2D eigenvalue weighted by molar-refractivity contribution is -0.141. The predicted octanol–water partition coefficient (Wildman–Crippen LogP) is 0.412. The van der Waals surface area contributed by atoms with Gasteiger partial charge in [-0.3, -0.25) is 9.59 Å². The number of hydrogen-bond donors (Lipinski definition) is 1. The van der Waals surface area contributed by atoms with Crippen LogP contribution in [0.2, 0.25) is 0 Å². The van der Waals surface area contributed by atoms with Crippen LogP contribution in [0.15, 0.2) is 0 Å². The lowest BCUT2D eigenvalue weighted by Gasteiger charge is -2.16. The Labute approximate surface area is 119 Å². The average molecular weight is 314 g/mol. The first-order chi connectivity index (χ1) is 8.21. The van der Waals surface area contributed by atoms with E-state index in [2.05, 4.69) is 0 Å². The molecule has 6 nitrogen and oxygen atoms in total. The van der Waals surface area contributed by atoms with Crippen molar-refractivity contribution >= 4 is 34.1 Å². The molecule has 0 aromatic rings. The van der Waals surface area contributed by atoms with Gasteiger partial charge in [-0.15, -0.1) is 12.4 Å². The van der Waals surface area contributed by atoms with Crippen molar-refractivity contribution in [1.82, 2.24) is 4.90 Å². The molecule has 1 aliphatic rings. The summed E-state index contributed by atoms with van der Waals surface area (Å²) in [5.41, 5.74) is 0. The summed E-state index contributed by atoms with van der Waals surface area (Å²) in [6, 6.07) is 0. The Kier molecular flexibility index (Phi) is 6.79. The van der Waals surface area contributed by atoms with E-state index < -0.39 is 33.4 Å². The van der Waals surface area contributed by atoms with Crippen LogP contribution in [0.25, 0.3) is 0 Å². The van der Waals surface area contributed by atoms with Crippen LogP contribution in [0.3, 0.4) is 0 Å². The molecule has 1 aliphatic heterocycles. The zero-order chi connectivity index (χ0) is 13.9. The molecule has 19 heavy (non-hydrogen) atoms. The molecule has 1 fully saturated rings. The minimum atomic E-state index is -3.39. The van der Waals surface area contributed by atoms with E-state index in [4.69, 9.17) is 5.11 Å². The molecule has 0 aromatic carbocycles. The molecule has 0 bridgehead atoms. The number of halogens is 1. The number of aliphatic carboxylic acids is 1. The van der Waals surface area contributed by atoms with E-state index in [0.717, 1.165) is 0 Å². The first kappa shape index (κ1) is 18.2. The van der Waals surface area contributed by atoms with Gasteiger partial charge in [-0.05, 0) is 12.3 Å². The highest BCUT2D eigenvalue weighted by Gasteiger charge is 2.32. The Morgan fingerprint density at radius 3 is 2.37 bits per heavy atom. The van der Waals surface area contributed by atoms with Crippen molar-refractivity contribution in [2.24, 2.45) is 11.8 Å². The second-order valence-corrected chi connectivity index (χ2v) is 7.22. The number of likely N-dealkylation sites (tertiary alicyclic amines) is 1. The maximum absolute atomic E-state index is 11.8. The largest absolute Gasteiger partial charge is 0.481 e. The van der Waals surface area contributed by atoms with Gasteiger partial charge in [0.05, 0.1) is 11.7 Å². The lowest BCUT2D eigenvalue weighted by Crippen LogP contribution is -2.35. The fraction of sp³-hybridized carbons (Fsp3) is 0.818. The molecule has 1 unspecified atom stereocenters. The van der Waals surface area contributed by atoms with Crippen LogP contribution in [-0.4, -0.2) is 54.9 Å². The van der Waals surface area contributed by atoms with Gasteiger partial charge in [-0.1, -0.05) is 13.8 Å². The maximum Gasteiger partial charge on any atom is 0.308 e. The predicted molar refractivity (Wildman–Crippen MR) is 73.1 cm³/mol. The number of nitrogens with zero attached hydrogens (tertiary/aromatic N) is 1. The number of rotatable bonds is 5. The summed E-state index contributed by atoms with van der Waals surface area (Å²) >= 11 is 0. The second-order valence-electron chi connectivity index (χ2n) is 5.11. The molecule has 1 N–H and O–H groups in total. The summed E-state index contributed by atoms with van der Waals surface area (Å²) < 4.78 is 23.3. The normalized spacial score (nSPS) is 19.3. The highest BCUT2D eigenvalue weighted by molar-refractivity contribution is 7.92. The van der Waals surface area contributed by atoms with Crippen molar-refractivity contribution in [3.8, 4) is 0 Å². The molecule has 1 rings (SSSR count). The maximum atomic E-state index is 11.8. The minimum absolute atomic E-state index is 0. The van der Waals surface area contributed by atoms with E-state index in [1.54, 1.807) is 13.8 Å². The number of sulfone groups is 1. The third kappa shape index (κ3) is 5.78. The smallest absolute Gasteiger partial charge is 0.308 e. The van der Waals surface area contributed by atoms with Crippen molar-refractivity contribution in [2.45, 2.75) is 20.3 Å². The van der Waals surface area contributed by atoms with E-state index in [-0.39, 0.29) is 30.6 Å². The molecule has 1 atom stereocenters. The molecule has 8 heteroatoms. The van der Waals surface area contributed by atoms with Gasteiger partial charge in [-0.25, -0.2) is 8.42 Å². The minimum Gasteiger partial charge on any atom is -0.481 e. The van der Waals surface area contributed by atoms with E-state index in [9.17, 15) is 18.0 Å². The van der Waals surface area contributed by atoms with E-state index in [1.165, 1.54) is 4.90 Å². The fourth-order valence-corrected chi connectivity index (χ4v) is 3.73. The quantitative estimate of drug-likeness (QED) is 0.794. The molecule has 1 amide bonds. The SMILES string of the molecule is CC(C)CS(=O)(=O)CC(=O)N1CCC(C(=O)O)C1.Cl. The van der Waals surface area contributed by atoms with E-state index >= 15 is 0 Å². The van der Waals surface area contributed by atoms with Gasteiger partial charge in [0.1, 0.15) is 5.75 Å². The van der Waals surface area contributed by atoms with E-state index in [0.29, 0.717) is 13.0 Å². The van der Waals surface area contributed by atoms with Gasteiger partial charge in [0.25, 0.3) is 0 Å². The number of carboxylic acids is 1. The highest BCUT2D eigenvalue weighted by Crippen LogP contribution is 2.17. The molecule has 0 aromatic heterocycles. The third-order valence-corrected chi connectivity index (χ3v) is 4.68. The molecule has 0 aliphatic carbocycles. The van der Waals surface area contributed by atoms with Crippen LogP contribution < -0.4 is 0 Å². The summed E-state index contributed by atoms with van der Waals surface area (Å²) in [6.07, 6.45) is 0.394. The summed E-state index contributed by atoms with van der Waals surface area (Å²) in [7, 11) is -3.39. The summed E-state index contributed by atoms with van der Waals surface area (Å²) in [6.45, 7) is 4.00. The standard InChI is InChI=1S/C11H19NO5S.ClH/c1-8(2)6-18(16,17)7-10(13)12-4-3-9(5-12)11(14)15;/h8-9H,3-7H2,1-2H3,(H,14,15);1H. The molecule has 1 saturated heterocycles. The van der Waals surface area contributed by atoms with Crippen molar-refractivity contribution in [2.75, 3.05) is 24.6 Å². The van der Waals surface area contributed by atoms with Gasteiger partial charge >= 0.3 is 5.97 Å². The Morgan fingerprint density at radius 1 is 1.37 bits per heavy atom. The second kappa shape index (κ2) is 7.09. The average Bonchev–Trinajstić information content (AvgIpc) is 2.62. The number of hydrogen-bond acceptors (Lipinski definition) is 4. The van der Waals surface area contributed by atoms with Crippen molar-refractivity contribution in [3.05, 3.63) is 0 Å².